The maximum Gasteiger partial charge on any atom is 0.0223 e. The van der Waals surface area contributed by atoms with Gasteiger partial charge in [-0.25, -0.2) is 0 Å². The van der Waals surface area contributed by atoms with Gasteiger partial charge in [-0.15, -0.1) is 0 Å². The van der Waals surface area contributed by atoms with E-state index in [1.807, 2.05) is 0 Å². The Morgan fingerprint density at radius 1 is 1.10 bits per heavy atom. The Balaban J connectivity index is 1.71. The summed E-state index contributed by atoms with van der Waals surface area (Å²) in [5, 5.41) is 3.81. The van der Waals surface area contributed by atoms with E-state index >= 15 is 0 Å². The second-order valence-electron chi connectivity index (χ2n) is 7.15. The lowest BCUT2D eigenvalue weighted by Crippen LogP contribution is -2.56. The van der Waals surface area contributed by atoms with E-state index in [1.165, 1.54) is 83.8 Å². The Kier molecular flexibility index (Phi) is 7.37. The zero-order valence-electron chi connectivity index (χ0n) is 13.9. The van der Waals surface area contributed by atoms with Crippen LogP contribution in [0.5, 0.6) is 0 Å². The molecule has 2 unspecified atom stereocenters. The Hall–Kier alpha value is -0.0800. The molecule has 2 heteroatoms. The predicted octanol–water partition coefficient (Wildman–Crippen LogP) is 4.20. The first kappa shape index (κ1) is 16.3. The van der Waals surface area contributed by atoms with E-state index in [4.69, 9.17) is 0 Å². The van der Waals surface area contributed by atoms with Gasteiger partial charge in [-0.2, -0.15) is 0 Å². The van der Waals surface area contributed by atoms with Gasteiger partial charge in [0, 0.05) is 31.7 Å². The first-order valence-electron chi connectivity index (χ1n) is 9.28. The second kappa shape index (κ2) is 9.04. The van der Waals surface area contributed by atoms with Crippen molar-refractivity contribution < 1.29 is 0 Å². The molecule has 0 amide bonds. The molecular weight excluding hydrogens is 244 g/mol. The highest BCUT2D eigenvalue weighted by molar-refractivity contribution is 4.87. The number of nitrogens with one attached hydrogen (secondary N) is 1. The Bertz CT molecular complexity index is 248. The fourth-order valence-corrected chi connectivity index (χ4v) is 4.10. The van der Waals surface area contributed by atoms with Crippen LogP contribution in [0.25, 0.3) is 0 Å². The monoisotopic (exact) mass is 280 g/mol. The average molecular weight is 280 g/mol. The predicted molar refractivity (Wildman–Crippen MR) is 88.2 cm³/mol. The van der Waals surface area contributed by atoms with Crippen LogP contribution in [0.2, 0.25) is 0 Å². The molecule has 1 N–H and O–H groups in total. The Morgan fingerprint density at radius 2 is 1.90 bits per heavy atom. The maximum atomic E-state index is 3.81. The Labute approximate surface area is 126 Å². The van der Waals surface area contributed by atoms with Crippen molar-refractivity contribution in [3.8, 4) is 0 Å². The van der Waals surface area contributed by atoms with E-state index in [-0.39, 0.29) is 0 Å². The molecule has 0 spiro atoms. The summed E-state index contributed by atoms with van der Waals surface area (Å²) in [4.78, 5) is 2.77. The number of piperazine rings is 1. The molecule has 2 aliphatic rings. The maximum absolute atomic E-state index is 3.81. The fourth-order valence-electron chi connectivity index (χ4n) is 4.10. The quantitative estimate of drug-likeness (QED) is 0.703. The molecule has 0 aromatic carbocycles. The minimum Gasteiger partial charge on any atom is -0.311 e. The number of nitrogens with zero attached hydrogens (tertiary/aromatic N) is 1. The summed E-state index contributed by atoms with van der Waals surface area (Å²) in [5.41, 5.74) is 0. The van der Waals surface area contributed by atoms with Crippen molar-refractivity contribution in [1.82, 2.24) is 10.2 Å². The van der Waals surface area contributed by atoms with Gasteiger partial charge in [0.2, 0.25) is 0 Å². The minimum atomic E-state index is 0.780. The van der Waals surface area contributed by atoms with Gasteiger partial charge in [0.1, 0.15) is 0 Å². The van der Waals surface area contributed by atoms with E-state index < -0.39 is 0 Å². The highest BCUT2D eigenvalue weighted by Crippen LogP contribution is 2.28. The van der Waals surface area contributed by atoms with Crippen molar-refractivity contribution in [2.45, 2.75) is 90.1 Å². The van der Waals surface area contributed by atoms with Gasteiger partial charge >= 0.3 is 0 Å². The van der Waals surface area contributed by atoms with E-state index in [0.717, 1.165) is 18.0 Å². The van der Waals surface area contributed by atoms with Crippen LogP contribution in [0, 0.1) is 5.92 Å². The number of hydrogen-bond donors (Lipinski definition) is 1. The summed E-state index contributed by atoms with van der Waals surface area (Å²) < 4.78 is 0. The lowest BCUT2D eigenvalue weighted by atomic mass is 9.83. The third-order valence-electron chi connectivity index (χ3n) is 5.55. The fraction of sp³-hybridized carbons (Fsp3) is 1.00. The summed E-state index contributed by atoms with van der Waals surface area (Å²) >= 11 is 0. The van der Waals surface area contributed by atoms with Crippen molar-refractivity contribution >= 4 is 0 Å². The molecule has 2 rings (SSSR count). The molecule has 1 heterocycles. The molecule has 2 nitrogen and oxygen atoms in total. The van der Waals surface area contributed by atoms with Crippen LogP contribution in [0.3, 0.4) is 0 Å². The van der Waals surface area contributed by atoms with Crippen molar-refractivity contribution in [3.63, 3.8) is 0 Å². The normalized spacial score (nSPS) is 27.6. The van der Waals surface area contributed by atoms with Crippen LogP contribution in [0.4, 0.5) is 0 Å². The third kappa shape index (κ3) is 5.04. The first-order valence-corrected chi connectivity index (χ1v) is 9.28. The molecule has 118 valence electrons. The molecule has 1 aliphatic carbocycles. The van der Waals surface area contributed by atoms with Gasteiger partial charge in [-0.1, -0.05) is 51.9 Å². The van der Waals surface area contributed by atoms with Gasteiger partial charge in [-0.05, 0) is 32.1 Å². The lowest BCUT2D eigenvalue weighted by molar-refractivity contribution is 0.109. The van der Waals surface area contributed by atoms with Crippen LogP contribution < -0.4 is 5.32 Å². The summed E-state index contributed by atoms with van der Waals surface area (Å²) in [6.45, 7) is 8.53. The number of hydrogen-bond acceptors (Lipinski definition) is 2. The van der Waals surface area contributed by atoms with Gasteiger partial charge in [0.25, 0.3) is 0 Å². The second-order valence-corrected chi connectivity index (χ2v) is 7.15. The van der Waals surface area contributed by atoms with E-state index in [0.29, 0.717) is 0 Å². The van der Waals surface area contributed by atoms with Gasteiger partial charge in [0.05, 0.1) is 0 Å². The van der Waals surface area contributed by atoms with Gasteiger partial charge in [-0.3, -0.25) is 4.90 Å². The van der Waals surface area contributed by atoms with Crippen LogP contribution in [-0.2, 0) is 0 Å². The van der Waals surface area contributed by atoms with Crippen molar-refractivity contribution in [2.75, 3.05) is 19.6 Å². The molecule has 20 heavy (non-hydrogen) atoms. The molecule has 2 fully saturated rings. The minimum absolute atomic E-state index is 0.780. The van der Waals surface area contributed by atoms with Gasteiger partial charge in [0.15, 0.2) is 0 Å². The van der Waals surface area contributed by atoms with Gasteiger partial charge < -0.3 is 5.32 Å². The van der Waals surface area contributed by atoms with E-state index in [1.54, 1.807) is 0 Å². The molecule has 1 saturated carbocycles. The average Bonchev–Trinajstić information content (AvgIpc) is 2.52. The summed E-state index contributed by atoms with van der Waals surface area (Å²) in [5.74, 6) is 0.957. The van der Waals surface area contributed by atoms with Crippen molar-refractivity contribution in [1.29, 1.82) is 0 Å². The zero-order chi connectivity index (χ0) is 14.2. The summed E-state index contributed by atoms with van der Waals surface area (Å²) in [6.07, 6.45) is 14.4. The molecule has 2 atom stereocenters. The van der Waals surface area contributed by atoms with Crippen LogP contribution in [0.15, 0.2) is 0 Å². The molecular formula is C18H36N2. The van der Waals surface area contributed by atoms with E-state index in [2.05, 4.69) is 24.1 Å². The highest BCUT2D eigenvalue weighted by atomic mass is 15.2. The topological polar surface area (TPSA) is 15.3 Å². The molecule has 1 saturated heterocycles. The van der Waals surface area contributed by atoms with Crippen LogP contribution >= 0.6 is 0 Å². The largest absolute Gasteiger partial charge is 0.311 e. The standard InChI is InChI=1S/C18H36N2/c1-3-4-5-7-10-16(2)20-14-13-19-18(15-20)17-11-8-6-9-12-17/h16-19H,3-15H2,1-2H3. The first-order chi connectivity index (χ1) is 9.81. The summed E-state index contributed by atoms with van der Waals surface area (Å²) in [7, 11) is 0. The third-order valence-corrected chi connectivity index (χ3v) is 5.55. The lowest BCUT2D eigenvalue weighted by Gasteiger charge is -2.41. The van der Waals surface area contributed by atoms with Crippen molar-refractivity contribution in [2.24, 2.45) is 5.92 Å². The number of rotatable bonds is 7. The summed E-state index contributed by atoms with van der Waals surface area (Å²) in [6, 6.07) is 1.57. The highest BCUT2D eigenvalue weighted by Gasteiger charge is 2.29. The van der Waals surface area contributed by atoms with Crippen molar-refractivity contribution in [3.05, 3.63) is 0 Å². The molecule has 0 aromatic rings. The van der Waals surface area contributed by atoms with E-state index in [9.17, 15) is 0 Å². The smallest absolute Gasteiger partial charge is 0.0223 e. The molecule has 0 bridgehead atoms. The zero-order valence-corrected chi connectivity index (χ0v) is 13.9. The molecule has 1 aliphatic heterocycles. The van der Waals surface area contributed by atoms with Crippen LogP contribution in [0.1, 0.15) is 78.1 Å². The SMILES string of the molecule is CCCCCCC(C)N1CCNC(C2CCCCC2)C1. The molecule has 0 aromatic heterocycles. The molecule has 0 radical (unpaired) electrons. The Morgan fingerprint density at radius 3 is 2.65 bits per heavy atom. The van der Waals surface area contributed by atoms with Crippen LogP contribution in [-0.4, -0.2) is 36.6 Å². The number of unbranched alkanes of at least 4 members (excludes halogenated alkanes) is 3.